The average Bonchev–Trinajstić information content (AvgIpc) is 2.81. The lowest BCUT2D eigenvalue weighted by atomic mass is 9.97. The van der Waals surface area contributed by atoms with E-state index in [0.717, 1.165) is 49.3 Å². The molecule has 4 heteroatoms. The Labute approximate surface area is 119 Å². The number of hydrogen-bond acceptors (Lipinski definition) is 3. The number of benzene rings is 1. The van der Waals surface area contributed by atoms with Crippen LogP contribution in [0.4, 0.5) is 0 Å². The van der Waals surface area contributed by atoms with Gasteiger partial charge in [0.05, 0.1) is 0 Å². The Morgan fingerprint density at radius 1 is 1.32 bits per heavy atom. The number of rotatable bonds is 3. The molecule has 2 heterocycles. The van der Waals surface area contributed by atoms with E-state index in [1.807, 2.05) is 18.2 Å². The van der Waals surface area contributed by atoms with Gasteiger partial charge in [-0.1, -0.05) is 11.6 Å². The molecule has 19 heavy (non-hydrogen) atoms. The second-order valence-electron chi connectivity index (χ2n) is 5.68. The third-order valence-corrected chi connectivity index (χ3v) is 4.50. The van der Waals surface area contributed by atoms with Gasteiger partial charge in [0.15, 0.2) is 0 Å². The summed E-state index contributed by atoms with van der Waals surface area (Å²) < 4.78 is 5.99. The Hall–Kier alpha value is -0.770. The van der Waals surface area contributed by atoms with E-state index in [0.29, 0.717) is 0 Å². The zero-order valence-corrected chi connectivity index (χ0v) is 11.9. The van der Waals surface area contributed by atoms with E-state index in [1.54, 1.807) is 0 Å². The maximum atomic E-state index is 6.02. The first-order chi connectivity index (χ1) is 9.24. The predicted molar refractivity (Wildman–Crippen MR) is 77.8 cm³/mol. The molecule has 1 unspecified atom stereocenters. The van der Waals surface area contributed by atoms with Crippen molar-refractivity contribution in [1.29, 1.82) is 0 Å². The second-order valence-corrected chi connectivity index (χ2v) is 6.11. The molecule has 1 saturated heterocycles. The van der Waals surface area contributed by atoms with Crippen molar-refractivity contribution < 1.29 is 4.74 Å². The molecule has 0 aromatic heterocycles. The summed E-state index contributed by atoms with van der Waals surface area (Å²) >= 11 is 6.02. The lowest BCUT2D eigenvalue weighted by Crippen LogP contribution is -2.41. The molecular formula is C15H21ClN2O. The van der Waals surface area contributed by atoms with Gasteiger partial charge in [-0.15, -0.1) is 0 Å². The zero-order valence-electron chi connectivity index (χ0n) is 11.1. The molecule has 0 aliphatic carbocycles. The summed E-state index contributed by atoms with van der Waals surface area (Å²) in [5, 5.41) is 0.798. The van der Waals surface area contributed by atoms with Crippen molar-refractivity contribution in [2.24, 2.45) is 11.7 Å². The minimum atomic E-state index is 0.280. The highest BCUT2D eigenvalue weighted by atomic mass is 35.5. The van der Waals surface area contributed by atoms with Crippen LogP contribution < -0.4 is 10.5 Å². The van der Waals surface area contributed by atoms with Crippen molar-refractivity contribution in [2.45, 2.75) is 25.4 Å². The van der Waals surface area contributed by atoms with Crippen molar-refractivity contribution in [3.8, 4) is 5.75 Å². The van der Waals surface area contributed by atoms with Crippen LogP contribution in [0.15, 0.2) is 18.2 Å². The Morgan fingerprint density at radius 2 is 2.11 bits per heavy atom. The fourth-order valence-electron chi connectivity index (χ4n) is 3.08. The molecule has 0 radical (unpaired) electrons. The number of halogens is 1. The Balaban J connectivity index is 1.53. The summed E-state index contributed by atoms with van der Waals surface area (Å²) in [5.41, 5.74) is 6.97. The normalized spacial score (nSPS) is 24.2. The van der Waals surface area contributed by atoms with Gasteiger partial charge in [0.1, 0.15) is 11.9 Å². The molecule has 1 aromatic carbocycles. The van der Waals surface area contributed by atoms with Crippen molar-refractivity contribution >= 4 is 11.6 Å². The van der Waals surface area contributed by atoms with Gasteiger partial charge in [0, 0.05) is 18.0 Å². The molecule has 3 rings (SSSR count). The van der Waals surface area contributed by atoms with E-state index in [-0.39, 0.29) is 6.10 Å². The summed E-state index contributed by atoms with van der Waals surface area (Å²) in [5.74, 6) is 1.72. The molecule has 2 aliphatic rings. The van der Waals surface area contributed by atoms with Gasteiger partial charge in [-0.25, -0.2) is 0 Å². The van der Waals surface area contributed by atoms with Crippen LogP contribution in [-0.2, 0) is 6.42 Å². The molecule has 0 saturated carbocycles. The van der Waals surface area contributed by atoms with Crippen LogP contribution >= 0.6 is 11.6 Å². The fourth-order valence-corrected chi connectivity index (χ4v) is 3.28. The fraction of sp³-hybridized carbons (Fsp3) is 0.600. The number of nitrogens with zero attached hydrogens (tertiary/aromatic N) is 1. The molecule has 2 N–H and O–H groups in total. The molecule has 1 fully saturated rings. The van der Waals surface area contributed by atoms with E-state index in [1.165, 1.54) is 18.4 Å². The van der Waals surface area contributed by atoms with Crippen LogP contribution in [0.5, 0.6) is 5.75 Å². The van der Waals surface area contributed by atoms with Gasteiger partial charge in [-0.05, 0) is 62.2 Å². The molecule has 1 atom stereocenters. The van der Waals surface area contributed by atoms with Crippen LogP contribution in [0, 0.1) is 5.92 Å². The molecular weight excluding hydrogens is 260 g/mol. The molecule has 1 aromatic rings. The minimum absolute atomic E-state index is 0.280. The largest absolute Gasteiger partial charge is 0.488 e. The summed E-state index contributed by atoms with van der Waals surface area (Å²) in [4.78, 5) is 2.50. The molecule has 104 valence electrons. The van der Waals surface area contributed by atoms with Crippen LogP contribution in [0.25, 0.3) is 0 Å². The van der Waals surface area contributed by atoms with Crippen molar-refractivity contribution in [1.82, 2.24) is 4.90 Å². The number of fused-ring (bicyclic) bond motifs is 1. The highest BCUT2D eigenvalue weighted by molar-refractivity contribution is 6.30. The number of hydrogen-bond donors (Lipinski definition) is 1. The monoisotopic (exact) mass is 280 g/mol. The van der Waals surface area contributed by atoms with Crippen LogP contribution in [-0.4, -0.2) is 37.2 Å². The summed E-state index contributed by atoms with van der Waals surface area (Å²) in [6.45, 7) is 4.15. The summed E-state index contributed by atoms with van der Waals surface area (Å²) in [7, 11) is 0. The second kappa shape index (κ2) is 5.70. The predicted octanol–water partition coefficient (Wildman–Crippen LogP) is 2.31. The van der Waals surface area contributed by atoms with E-state index in [4.69, 9.17) is 22.1 Å². The summed E-state index contributed by atoms with van der Waals surface area (Å²) in [6, 6.07) is 5.91. The third-order valence-electron chi connectivity index (χ3n) is 4.27. The number of piperidine rings is 1. The Kier molecular flexibility index (Phi) is 3.96. The highest BCUT2D eigenvalue weighted by Crippen LogP contribution is 2.31. The van der Waals surface area contributed by atoms with Gasteiger partial charge in [-0.2, -0.15) is 0 Å². The van der Waals surface area contributed by atoms with Crippen LogP contribution in [0.3, 0.4) is 0 Å². The van der Waals surface area contributed by atoms with Crippen molar-refractivity contribution in [3.63, 3.8) is 0 Å². The first kappa shape index (κ1) is 13.2. The lowest BCUT2D eigenvalue weighted by Gasteiger charge is -2.32. The van der Waals surface area contributed by atoms with Crippen LogP contribution in [0.2, 0.25) is 5.02 Å². The van der Waals surface area contributed by atoms with E-state index >= 15 is 0 Å². The highest BCUT2D eigenvalue weighted by Gasteiger charge is 2.27. The van der Waals surface area contributed by atoms with Gasteiger partial charge in [0.2, 0.25) is 0 Å². The van der Waals surface area contributed by atoms with Crippen molar-refractivity contribution in [2.75, 3.05) is 26.2 Å². The quantitative estimate of drug-likeness (QED) is 0.923. The molecule has 2 aliphatic heterocycles. The minimum Gasteiger partial charge on any atom is -0.488 e. The standard InChI is InChI=1S/C15H21ClN2O/c16-13-1-2-15-12(7-13)8-14(19-15)10-18-5-3-11(9-17)4-6-18/h1-2,7,11,14H,3-6,8-10,17H2. The van der Waals surface area contributed by atoms with Gasteiger partial charge in [-0.3, -0.25) is 4.90 Å². The maximum Gasteiger partial charge on any atom is 0.123 e. The van der Waals surface area contributed by atoms with Gasteiger partial charge < -0.3 is 10.5 Å². The summed E-state index contributed by atoms with van der Waals surface area (Å²) in [6.07, 6.45) is 3.71. The SMILES string of the molecule is NCC1CCN(CC2Cc3cc(Cl)ccc3O2)CC1. The third kappa shape index (κ3) is 3.04. The Bertz CT molecular complexity index is 444. The zero-order chi connectivity index (χ0) is 13.2. The smallest absolute Gasteiger partial charge is 0.123 e. The first-order valence-electron chi connectivity index (χ1n) is 7.12. The molecule has 3 nitrogen and oxygen atoms in total. The van der Waals surface area contributed by atoms with Gasteiger partial charge in [0.25, 0.3) is 0 Å². The molecule has 0 bridgehead atoms. The number of ether oxygens (including phenoxy) is 1. The Morgan fingerprint density at radius 3 is 2.84 bits per heavy atom. The topological polar surface area (TPSA) is 38.5 Å². The molecule has 0 amide bonds. The van der Waals surface area contributed by atoms with E-state index in [9.17, 15) is 0 Å². The van der Waals surface area contributed by atoms with Gasteiger partial charge >= 0.3 is 0 Å². The van der Waals surface area contributed by atoms with Crippen molar-refractivity contribution in [3.05, 3.63) is 28.8 Å². The first-order valence-corrected chi connectivity index (χ1v) is 7.50. The average molecular weight is 281 g/mol. The lowest BCUT2D eigenvalue weighted by molar-refractivity contribution is 0.118. The number of likely N-dealkylation sites (tertiary alicyclic amines) is 1. The molecule has 0 spiro atoms. The maximum absolute atomic E-state index is 6.02. The van der Waals surface area contributed by atoms with E-state index < -0.39 is 0 Å². The number of nitrogens with two attached hydrogens (primary N) is 1. The van der Waals surface area contributed by atoms with E-state index in [2.05, 4.69) is 4.90 Å². The van der Waals surface area contributed by atoms with Crippen LogP contribution in [0.1, 0.15) is 18.4 Å².